The van der Waals surface area contributed by atoms with Gasteiger partial charge in [-0.1, -0.05) is 23.4 Å². The molecule has 0 saturated heterocycles. The van der Waals surface area contributed by atoms with Gasteiger partial charge in [-0.05, 0) is 79.2 Å². The molecule has 1 heterocycles. The van der Waals surface area contributed by atoms with Gasteiger partial charge in [-0.3, -0.25) is 9.36 Å². The molecule has 0 fully saturated rings. The number of ether oxygens (including phenoxy) is 1. The minimum absolute atomic E-state index is 0.0357. The van der Waals surface area contributed by atoms with Gasteiger partial charge in [-0.2, -0.15) is 5.10 Å². The second kappa shape index (κ2) is 11.6. The lowest BCUT2D eigenvalue weighted by atomic mass is 10.2. The number of phenols is 2. The molecule has 0 atom stereocenters. The molecule has 3 N–H and O–H groups in total. The Labute approximate surface area is 216 Å². The van der Waals surface area contributed by atoms with Crippen molar-refractivity contribution in [2.75, 3.05) is 12.4 Å². The zero-order valence-electron chi connectivity index (χ0n) is 19.1. The van der Waals surface area contributed by atoms with Gasteiger partial charge in [0.1, 0.15) is 5.75 Å². The Balaban J connectivity index is 1.51. The Kier molecular flexibility index (Phi) is 8.09. The lowest BCUT2D eigenvalue weighted by Gasteiger charge is -2.11. The molecule has 1 aromatic heterocycles. The predicted molar refractivity (Wildman–Crippen MR) is 139 cm³/mol. The van der Waals surface area contributed by atoms with Crippen LogP contribution < -0.4 is 10.2 Å². The van der Waals surface area contributed by atoms with Crippen molar-refractivity contribution in [2.45, 2.75) is 12.1 Å². The number of hydrogen-bond acceptors (Lipinski definition) is 8. The van der Waals surface area contributed by atoms with Crippen molar-refractivity contribution in [3.63, 3.8) is 0 Å². The lowest BCUT2D eigenvalue weighted by Crippen LogP contribution is -2.20. The van der Waals surface area contributed by atoms with Crippen molar-refractivity contribution in [3.05, 3.63) is 77.3 Å². The summed E-state index contributed by atoms with van der Waals surface area (Å²) < 4.78 is 7.40. The first-order chi connectivity index (χ1) is 17.4. The fourth-order valence-electron chi connectivity index (χ4n) is 3.20. The maximum absolute atomic E-state index is 12.4. The van der Waals surface area contributed by atoms with E-state index in [-0.39, 0.29) is 23.2 Å². The number of nitrogens with zero attached hydrogens (tertiary/aromatic N) is 4. The number of carbonyl (C=O) groups is 1. The molecule has 36 heavy (non-hydrogen) atoms. The van der Waals surface area contributed by atoms with Crippen molar-refractivity contribution >= 4 is 35.5 Å². The number of nitrogens with one attached hydrogen (secondary N) is 1. The summed E-state index contributed by atoms with van der Waals surface area (Å²) in [5.74, 6) is 0.523. The van der Waals surface area contributed by atoms with Crippen LogP contribution in [0.25, 0.3) is 17.1 Å². The highest BCUT2D eigenvalue weighted by atomic mass is 35.5. The lowest BCUT2D eigenvalue weighted by molar-refractivity contribution is -0.118. The van der Waals surface area contributed by atoms with E-state index in [1.54, 1.807) is 18.2 Å². The zero-order chi connectivity index (χ0) is 25.5. The number of halogens is 1. The van der Waals surface area contributed by atoms with E-state index < -0.39 is 0 Å². The van der Waals surface area contributed by atoms with Crippen LogP contribution in [0.15, 0.2) is 77.0 Å². The molecule has 0 unspecified atom stereocenters. The van der Waals surface area contributed by atoms with E-state index in [4.69, 9.17) is 16.3 Å². The standard InChI is InChI=1S/C25H22ClN5O4S/c1-2-35-20-10-8-19(9-11-20)31-24(17-4-6-18(26)7-5-17)29-30-25(31)36-15-23(34)28-27-14-16-3-12-21(32)22(33)13-16/h3-14,32-33H,2,15H2,1H3,(H,28,34)/b27-14+. The molecule has 4 aromatic rings. The highest BCUT2D eigenvalue weighted by Crippen LogP contribution is 2.29. The van der Waals surface area contributed by atoms with Crippen molar-refractivity contribution in [2.24, 2.45) is 5.10 Å². The largest absolute Gasteiger partial charge is 0.504 e. The first-order valence-corrected chi connectivity index (χ1v) is 12.2. The number of aromatic hydroxyl groups is 2. The molecule has 0 radical (unpaired) electrons. The third-order valence-electron chi connectivity index (χ3n) is 4.88. The van der Waals surface area contributed by atoms with Gasteiger partial charge in [-0.25, -0.2) is 5.43 Å². The number of rotatable bonds is 9. The number of amides is 1. The predicted octanol–water partition coefficient (Wildman–Crippen LogP) is 4.64. The normalized spacial score (nSPS) is 11.1. The molecule has 4 rings (SSSR count). The van der Waals surface area contributed by atoms with Crippen LogP contribution in [0.3, 0.4) is 0 Å². The third-order valence-corrected chi connectivity index (χ3v) is 6.06. The van der Waals surface area contributed by atoms with Gasteiger partial charge in [0.2, 0.25) is 0 Å². The van der Waals surface area contributed by atoms with Gasteiger partial charge in [-0.15, -0.1) is 10.2 Å². The second-order valence-electron chi connectivity index (χ2n) is 7.41. The van der Waals surface area contributed by atoms with Gasteiger partial charge in [0.05, 0.1) is 18.6 Å². The molecule has 0 aliphatic rings. The monoisotopic (exact) mass is 523 g/mol. The Morgan fingerprint density at radius 1 is 1.08 bits per heavy atom. The zero-order valence-corrected chi connectivity index (χ0v) is 20.7. The van der Waals surface area contributed by atoms with Crippen molar-refractivity contribution in [3.8, 4) is 34.3 Å². The van der Waals surface area contributed by atoms with Crippen LogP contribution in [0.2, 0.25) is 5.02 Å². The Morgan fingerprint density at radius 2 is 1.83 bits per heavy atom. The Bertz CT molecular complexity index is 1370. The number of hydrazone groups is 1. The van der Waals surface area contributed by atoms with Crippen LogP contribution >= 0.6 is 23.4 Å². The summed E-state index contributed by atoms with van der Waals surface area (Å²) in [6, 6.07) is 19.0. The number of aromatic nitrogens is 3. The highest BCUT2D eigenvalue weighted by Gasteiger charge is 2.17. The molecule has 1 amide bonds. The Morgan fingerprint density at radius 3 is 2.53 bits per heavy atom. The average Bonchev–Trinajstić information content (AvgIpc) is 3.30. The smallest absolute Gasteiger partial charge is 0.250 e. The third kappa shape index (κ3) is 6.15. The van der Waals surface area contributed by atoms with Crippen molar-refractivity contribution in [1.82, 2.24) is 20.2 Å². The molecule has 0 spiro atoms. The number of hydrogen-bond donors (Lipinski definition) is 3. The van der Waals surface area contributed by atoms with E-state index in [1.165, 1.54) is 30.1 Å². The van der Waals surface area contributed by atoms with Crippen LogP contribution in [0.5, 0.6) is 17.2 Å². The van der Waals surface area contributed by atoms with Crippen LogP contribution in [0, 0.1) is 0 Å². The maximum Gasteiger partial charge on any atom is 0.250 e. The van der Waals surface area contributed by atoms with Crippen LogP contribution in [-0.4, -0.2) is 49.5 Å². The molecule has 0 aliphatic carbocycles. The fourth-order valence-corrected chi connectivity index (χ4v) is 4.07. The molecule has 3 aromatic carbocycles. The molecule has 9 nitrogen and oxygen atoms in total. The molecular formula is C25H22ClN5O4S. The second-order valence-corrected chi connectivity index (χ2v) is 8.78. The molecule has 184 valence electrons. The summed E-state index contributed by atoms with van der Waals surface area (Å²) in [6.45, 7) is 2.49. The summed E-state index contributed by atoms with van der Waals surface area (Å²) in [5, 5.41) is 32.6. The van der Waals surface area contributed by atoms with E-state index in [1.807, 2.05) is 47.9 Å². The molecule has 0 aliphatic heterocycles. The minimum Gasteiger partial charge on any atom is -0.504 e. The van der Waals surface area contributed by atoms with Gasteiger partial charge in [0, 0.05) is 16.3 Å². The van der Waals surface area contributed by atoms with Gasteiger partial charge in [0.15, 0.2) is 22.5 Å². The minimum atomic E-state index is -0.353. The van der Waals surface area contributed by atoms with Crippen LogP contribution in [0.4, 0.5) is 0 Å². The molecular weight excluding hydrogens is 502 g/mol. The van der Waals surface area contributed by atoms with Crippen molar-refractivity contribution in [1.29, 1.82) is 0 Å². The summed E-state index contributed by atoms with van der Waals surface area (Å²) in [6.07, 6.45) is 1.36. The SMILES string of the molecule is CCOc1ccc(-n2c(SCC(=O)N/N=C/c3ccc(O)c(O)c3)nnc2-c2ccc(Cl)cc2)cc1. The van der Waals surface area contributed by atoms with Gasteiger partial charge in [0.25, 0.3) is 5.91 Å². The topological polar surface area (TPSA) is 122 Å². The van der Waals surface area contributed by atoms with Crippen molar-refractivity contribution < 1.29 is 19.7 Å². The highest BCUT2D eigenvalue weighted by molar-refractivity contribution is 7.99. The van der Waals surface area contributed by atoms with Gasteiger partial charge >= 0.3 is 0 Å². The summed E-state index contributed by atoms with van der Waals surface area (Å²) in [5.41, 5.74) is 4.58. The first-order valence-electron chi connectivity index (χ1n) is 10.9. The van der Waals surface area contributed by atoms with Crippen LogP contribution in [-0.2, 0) is 4.79 Å². The molecule has 0 bridgehead atoms. The maximum atomic E-state index is 12.4. The summed E-state index contributed by atoms with van der Waals surface area (Å²) in [4.78, 5) is 12.4. The number of benzene rings is 3. The summed E-state index contributed by atoms with van der Waals surface area (Å²) in [7, 11) is 0. The quantitative estimate of drug-likeness (QED) is 0.126. The van der Waals surface area contributed by atoms with E-state index in [0.717, 1.165) is 17.0 Å². The van der Waals surface area contributed by atoms with E-state index in [0.29, 0.717) is 28.2 Å². The number of phenolic OH excluding ortho intramolecular Hbond substituents is 2. The van der Waals surface area contributed by atoms with E-state index in [2.05, 4.69) is 20.7 Å². The summed E-state index contributed by atoms with van der Waals surface area (Å²) >= 11 is 7.25. The fraction of sp³-hybridized carbons (Fsp3) is 0.120. The van der Waals surface area contributed by atoms with Gasteiger partial charge < -0.3 is 14.9 Å². The van der Waals surface area contributed by atoms with Crippen LogP contribution in [0.1, 0.15) is 12.5 Å². The molecule has 11 heteroatoms. The van der Waals surface area contributed by atoms with E-state index >= 15 is 0 Å². The molecule has 0 saturated carbocycles. The number of carbonyl (C=O) groups excluding carboxylic acids is 1. The van der Waals surface area contributed by atoms with E-state index in [9.17, 15) is 15.0 Å². The average molecular weight is 524 g/mol. The number of thioether (sulfide) groups is 1. The Hall–Kier alpha value is -4.02. The first kappa shape index (κ1) is 25.1.